The van der Waals surface area contributed by atoms with Crippen LogP contribution in [0.5, 0.6) is 0 Å². The Morgan fingerprint density at radius 1 is 1.31 bits per heavy atom. The van der Waals surface area contributed by atoms with Crippen molar-refractivity contribution in [1.82, 2.24) is 4.90 Å². The van der Waals surface area contributed by atoms with Crippen molar-refractivity contribution in [2.24, 2.45) is 0 Å². The summed E-state index contributed by atoms with van der Waals surface area (Å²) in [5.74, 6) is -0.296. The molecule has 0 spiro atoms. The molecule has 0 aliphatic carbocycles. The Balaban J connectivity index is 2.18. The fourth-order valence-electron chi connectivity index (χ4n) is 2.35. The standard InChI is InChI=1S/C13H18FNO/c1-2-15-9-7-13(16,8-10-15)11-5-3-4-6-12(11)14/h3-6,16H,2,7-10H2,1H3. The average molecular weight is 223 g/mol. The zero-order valence-electron chi connectivity index (χ0n) is 9.62. The lowest BCUT2D eigenvalue weighted by Gasteiger charge is -2.38. The van der Waals surface area contributed by atoms with Crippen LogP contribution in [0.1, 0.15) is 25.3 Å². The minimum absolute atomic E-state index is 0.296. The highest BCUT2D eigenvalue weighted by Gasteiger charge is 2.35. The number of piperidine rings is 1. The second-order valence-corrected chi connectivity index (χ2v) is 4.45. The molecule has 0 amide bonds. The lowest BCUT2D eigenvalue weighted by molar-refractivity contribution is -0.0272. The van der Waals surface area contributed by atoms with Crippen LogP contribution < -0.4 is 0 Å². The Labute approximate surface area is 95.7 Å². The molecule has 1 N–H and O–H groups in total. The van der Waals surface area contributed by atoms with Crippen molar-refractivity contribution in [1.29, 1.82) is 0 Å². The van der Waals surface area contributed by atoms with Crippen LogP contribution in [-0.2, 0) is 5.60 Å². The molecule has 2 rings (SSSR count). The van der Waals surface area contributed by atoms with E-state index in [1.54, 1.807) is 18.2 Å². The maximum Gasteiger partial charge on any atom is 0.129 e. The Bertz CT molecular complexity index is 359. The van der Waals surface area contributed by atoms with Gasteiger partial charge in [-0.3, -0.25) is 0 Å². The van der Waals surface area contributed by atoms with Gasteiger partial charge in [0.1, 0.15) is 5.82 Å². The van der Waals surface area contributed by atoms with E-state index in [-0.39, 0.29) is 5.82 Å². The van der Waals surface area contributed by atoms with Gasteiger partial charge >= 0.3 is 0 Å². The number of hydrogen-bond acceptors (Lipinski definition) is 2. The minimum Gasteiger partial charge on any atom is -0.385 e. The summed E-state index contributed by atoms with van der Waals surface area (Å²) in [6.07, 6.45) is 1.23. The van der Waals surface area contributed by atoms with Gasteiger partial charge in [-0.25, -0.2) is 4.39 Å². The summed E-state index contributed by atoms with van der Waals surface area (Å²) in [7, 11) is 0. The predicted molar refractivity (Wildman–Crippen MR) is 61.6 cm³/mol. The van der Waals surface area contributed by atoms with E-state index >= 15 is 0 Å². The van der Waals surface area contributed by atoms with E-state index in [4.69, 9.17) is 0 Å². The van der Waals surface area contributed by atoms with Crippen LogP contribution in [0.25, 0.3) is 0 Å². The quantitative estimate of drug-likeness (QED) is 0.830. The summed E-state index contributed by atoms with van der Waals surface area (Å²) in [6.45, 7) is 4.77. The van der Waals surface area contributed by atoms with E-state index in [0.29, 0.717) is 18.4 Å². The molecule has 1 fully saturated rings. The first-order chi connectivity index (χ1) is 7.65. The first-order valence-electron chi connectivity index (χ1n) is 5.85. The largest absolute Gasteiger partial charge is 0.385 e. The van der Waals surface area contributed by atoms with E-state index in [1.807, 2.05) is 0 Å². The molecule has 0 bridgehead atoms. The van der Waals surface area contributed by atoms with Crippen LogP contribution in [0.2, 0.25) is 0 Å². The molecule has 0 aromatic heterocycles. The van der Waals surface area contributed by atoms with Gasteiger partial charge in [-0.05, 0) is 25.5 Å². The fourth-order valence-corrected chi connectivity index (χ4v) is 2.35. The normalized spacial score (nSPS) is 20.9. The Morgan fingerprint density at radius 2 is 1.94 bits per heavy atom. The molecule has 16 heavy (non-hydrogen) atoms. The van der Waals surface area contributed by atoms with E-state index in [1.165, 1.54) is 6.07 Å². The number of halogens is 1. The summed E-state index contributed by atoms with van der Waals surface area (Å²) < 4.78 is 13.6. The van der Waals surface area contributed by atoms with Crippen LogP contribution in [0, 0.1) is 5.82 Å². The zero-order chi connectivity index (χ0) is 11.6. The molecular formula is C13H18FNO. The van der Waals surface area contributed by atoms with Crippen LogP contribution in [0.3, 0.4) is 0 Å². The second-order valence-electron chi connectivity index (χ2n) is 4.45. The zero-order valence-corrected chi connectivity index (χ0v) is 9.62. The molecule has 1 heterocycles. The molecule has 1 saturated heterocycles. The number of rotatable bonds is 2. The third kappa shape index (κ3) is 2.11. The lowest BCUT2D eigenvalue weighted by Crippen LogP contribution is -2.42. The third-order valence-electron chi connectivity index (χ3n) is 3.51. The van der Waals surface area contributed by atoms with Gasteiger partial charge in [0, 0.05) is 18.7 Å². The first-order valence-corrected chi connectivity index (χ1v) is 5.85. The van der Waals surface area contributed by atoms with E-state index in [9.17, 15) is 9.50 Å². The number of hydrogen-bond donors (Lipinski definition) is 1. The van der Waals surface area contributed by atoms with E-state index < -0.39 is 5.60 Å². The Kier molecular flexibility index (Phi) is 3.26. The maximum absolute atomic E-state index is 13.6. The van der Waals surface area contributed by atoms with Gasteiger partial charge in [-0.1, -0.05) is 25.1 Å². The molecule has 1 aromatic carbocycles. The van der Waals surface area contributed by atoms with Gasteiger partial charge in [0.15, 0.2) is 0 Å². The summed E-state index contributed by atoms with van der Waals surface area (Å²) >= 11 is 0. The van der Waals surface area contributed by atoms with Gasteiger partial charge in [-0.2, -0.15) is 0 Å². The molecule has 88 valence electrons. The van der Waals surface area contributed by atoms with Crippen molar-refractivity contribution in [2.45, 2.75) is 25.4 Å². The van der Waals surface area contributed by atoms with Crippen LogP contribution >= 0.6 is 0 Å². The number of likely N-dealkylation sites (tertiary alicyclic amines) is 1. The van der Waals surface area contributed by atoms with Crippen molar-refractivity contribution in [3.8, 4) is 0 Å². The molecule has 1 aliphatic rings. The number of nitrogens with zero attached hydrogens (tertiary/aromatic N) is 1. The second kappa shape index (κ2) is 4.52. The fraction of sp³-hybridized carbons (Fsp3) is 0.538. The first kappa shape index (κ1) is 11.6. The molecule has 1 aliphatic heterocycles. The SMILES string of the molecule is CCN1CCC(O)(c2ccccc2F)CC1. The monoisotopic (exact) mass is 223 g/mol. The van der Waals surface area contributed by atoms with Crippen molar-refractivity contribution in [2.75, 3.05) is 19.6 Å². The van der Waals surface area contributed by atoms with Gasteiger partial charge in [0.25, 0.3) is 0 Å². The highest BCUT2D eigenvalue weighted by molar-refractivity contribution is 5.25. The number of benzene rings is 1. The van der Waals surface area contributed by atoms with Gasteiger partial charge in [0.2, 0.25) is 0 Å². The topological polar surface area (TPSA) is 23.5 Å². The summed E-state index contributed by atoms with van der Waals surface area (Å²) in [6, 6.07) is 6.54. The summed E-state index contributed by atoms with van der Waals surface area (Å²) in [4.78, 5) is 2.27. The molecule has 2 nitrogen and oxygen atoms in total. The molecule has 3 heteroatoms. The summed E-state index contributed by atoms with van der Waals surface area (Å²) in [5.41, 5.74) is -0.525. The highest BCUT2D eigenvalue weighted by atomic mass is 19.1. The molecule has 0 saturated carbocycles. The average Bonchev–Trinajstić information content (AvgIpc) is 2.30. The van der Waals surface area contributed by atoms with Crippen LogP contribution in [-0.4, -0.2) is 29.6 Å². The minimum atomic E-state index is -0.975. The molecule has 0 radical (unpaired) electrons. The van der Waals surface area contributed by atoms with E-state index in [0.717, 1.165) is 19.6 Å². The van der Waals surface area contributed by atoms with Crippen LogP contribution in [0.4, 0.5) is 4.39 Å². The highest BCUT2D eigenvalue weighted by Crippen LogP contribution is 2.33. The van der Waals surface area contributed by atoms with Gasteiger partial charge in [0.05, 0.1) is 5.60 Å². The van der Waals surface area contributed by atoms with Crippen LogP contribution in [0.15, 0.2) is 24.3 Å². The third-order valence-corrected chi connectivity index (χ3v) is 3.51. The Morgan fingerprint density at radius 3 is 2.50 bits per heavy atom. The smallest absolute Gasteiger partial charge is 0.129 e. The number of aliphatic hydroxyl groups is 1. The predicted octanol–water partition coefficient (Wildman–Crippen LogP) is 2.13. The van der Waals surface area contributed by atoms with Crippen molar-refractivity contribution in [3.05, 3.63) is 35.6 Å². The molecule has 0 unspecified atom stereocenters. The van der Waals surface area contributed by atoms with Gasteiger partial charge < -0.3 is 10.0 Å². The maximum atomic E-state index is 13.6. The van der Waals surface area contributed by atoms with Crippen molar-refractivity contribution < 1.29 is 9.50 Å². The van der Waals surface area contributed by atoms with E-state index in [2.05, 4.69) is 11.8 Å². The summed E-state index contributed by atoms with van der Waals surface area (Å²) in [5, 5.41) is 10.5. The van der Waals surface area contributed by atoms with Crippen molar-refractivity contribution in [3.63, 3.8) is 0 Å². The molecule has 1 aromatic rings. The molecule has 0 atom stereocenters. The van der Waals surface area contributed by atoms with Crippen molar-refractivity contribution >= 4 is 0 Å². The molecular weight excluding hydrogens is 205 g/mol. The van der Waals surface area contributed by atoms with Gasteiger partial charge in [-0.15, -0.1) is 0 Å². The lowest BCUT2D eigenvalue weighted by atomic mass is 9.84. The Hall–Kier alpha value is -0.930.